The first kappa shape index (κ1) is 15.3. The third kappa shape index (κ3) is 4.19. The topological polar surface area (TPSA) is 43.4 Å². The number of morpholine rings is 1. The molecule has 1 saturated heterocycles. The maximum atomic E-state index is 6.31. The van der Waals surface area contributed by atoms with E-state index in [4.69, 9.17) is 21.1 Å². The summed E-state index contributed by atoms with van der Waals surface area (Å²) in [6, 6.07) is 11.7. The molecule has 1 aromatic carbocycles. The number of nitrogens with one attached hydrogen (secondary N) is 1. The van der Waals surface area contributed by atoms with Gasteiger partial charge in [-0.15, -0.1) is 0 Å². The number of hydrogen-bond acceptors (Lipinski definition) is 4. The molecule has 1 aromatic heterocycles. The van der Waals surface area contributed by atoms with Crippen LogP contribution < -0.4 is 10.1 Å². The fourth-order valence-electron chi connectivity index (χ4n) is 2.44. The Kier molecular flexibility index (Phi) is 5.27. The molecule has 0 spiro atoms. The molecule has 4 nitrogen and oxygen atoms in total. The number of aromatic nitrogens is 1. The van der Waals surface area contributed by atoms with Crippen molar-refractivity contribution in [2.24, 2.45) is 0 Å². The van der Waals surface area contributed by atoms with E-state index >= 15 is 0 Å². The lowest BCUT2D eigenvalue weighted by Gasteiger charge is -2.23. The quantitative estimate of drug-likeness (QED) is 0.920. The van der Waals surface area contributed by atoms with Gasteiger partial charge in [-0.2, -0.15) is 0 Å². The van der Waals surface area contributed by atoms with Crippen LogP contribution >= 0.6 is 11.6 Å². The molecule has 1 fully saturated rings. The van der Waals surface area contributed by atoms with E-state index in [0.717, 1.165) is 37.4 Å². The van der Waals surface area contributed by atoms with Crippen LogP contribution in [0.4, 0.5) is 0 Å². The molecule has 3 rings (SSSR count). The molecule has 1 aliphatic rings. The molecule has 5 heteroatoms. The lowest BCUT2D eigenvalue weighted by molar-refractivity contribution is 0.0292. The van der Waals surface area contributed by atoms with Crippen molar-refractivity contribution >= 4 is 11.6 Å². The lowest BCUT2D eigenvalue weighted by Crippen LogP contribution is -2.39. The maximum Gasteiger partial charge on any atom is 0.138 e. The monoisotopic (exact) mass is 318 g/mol. The van der Waals surface area contributed by atoms with Crippen LogP contribution in [-0.2, 0) is 17.8 Å². The van der Waals surface area contributed by atoms with Gasteiger partial charge in [0.25, 0.3) is 0 Å². The largest absolute Gasteiger partial charge is 0.486 e. The average Bonchev–Trinajstić information content (AvgIpc) is 2.56. The number of pyridine rings is 1. The summed E-state index contributed by atoms with van der Waals surface area (Å²) < 4.78 is 11.4. The van der Waals surface area contributed by atoms with Gasteiger partial charge in [0.1, 0.15) is 12.4 Å². The number of benzene rings is 1. The third-order valence-corrected chi connectivity index (χ3v) is 3.86. The molecule has 0 amide bonds. The van der Waals surface area contributed by atoms with Gasteiger partial charge in [0, 0.05) is 19.3 Å². The Morgan fingerprint density at radius 2 is 2.27 bits per heavy atom. The van der Waals surface area contributed by atoms with E-state index in [1.165, 1.54) is 0 Å². The predicted octanol–water partition coefficient (Wildman–Crippen LogP) is 2.84. The maximum absolute atomic E-state index is 6.31. The van der Waals surface area contributed by atoms with Crippen LogP contribution in [0.15, 0.2) is 42.6 Å². The van der Waals surface area contributed by atoms with Gasteiger partial charge in [0.05, 0.1) is 23.4 Å². The summed E-state index contributed by atoms with van der Waals surface area (Å²) in [5, 5.41) is 3.95. The summed E-state index contributed by atoms with van der Waals surface area (Å²) in [5.74, 6) is 0.679. The Morgan fingerprint density at radius 3 is 3.00 bits per heavy atom. The molecule has 1 unspecified atom stereocenters. The number of ether oxygens (including phenoxy) is 2. The van der Waals surface area contributed by atoms with Gasteiger partial charge in [0.15, 0.2) is 0 Å². The van der Waals surface area contributed by atoms with Crippen LogP contribution in [0.25, 0.3) is 0 Å². The zero-order chi connectivity index (χ0) is 15.2. The minimum Gasteiger partial charge on any atom is -0.486 e. The van der Waals surface area contributed by atoms with Crippen molar-refractivity contribution in [1.82, 2.24) is 10.3 Å². The summed E-state index contributed by atoms with van der Waals surface area (Å²) in [4.78, 5) is 4.23. The van der Waals surface area contributed by atoms with Crippen LogP contribution in [0.1, 0.15) is 11.3 Å². The van der Waals surface area contributed by atoms with Gasteiger partial charge >= 0.3 is 0 Å². The molecular formula is C17H19ClN2O2. The van der Waals surface area contributed by atoms with Gasteiger partial charge in [0.2, 0.25) is 0 Å². The number of halogens is 1. The molecule has 0 radical (unpaired) electrons. The molecule has 116 valence electrons. The van der Waals surface area contributed by atoms with Crippen molar-refractivity contribution in [3.63, 3.8) is 0 Å². The van der Waals surface area contributed by atoms with Gasteiger partial charge < -0.3 is 14.8 Å². The highest BCUT2D eigenvalue weighted by Gasteiger charge is 2.14. The SMILES string of the molecule is Clc1cc(CC2CNCCO2)ccc1OCc1ccccn1. The first-order valence-electron chi connectivity index (χ1n) is 7.45. The summed E-state index contributed by atoms with van der Waals surface area (Å²) in [6.45, 7) is 2.99. The van der Waals surface area contributed by atoms with Crippen molar-refractivity contribution in [3.8, 4) is 5.75 Å². The highest BCUT2D eigenvalue weighted by Crippen LogP contribution is 2.27. The van der Waals surface area contributed by atoms with Gasteiger partial charge in [-0.05, 0) is 36.2 Å². The Bertz CT molecular complexity index is 601. The fourth-order valence-corrected chi connectivity index (χ4v) is 2.69. The van der Waals surface area contributed by atoms with E-state index in [0.29, 0.717) is 17.4 Å². The second kappa shape index (κ2) is 7.58. The van der Waals surface area contributed by atoms with Crippen molar-refractivity contribution in [3.05, 3.63) is 58.9 Å². The van der Waals surface area contributed by atoms with Crippen molar-refractivity contribution in [2.45, 2.75) is 19.1 Å². The Balaban J connectivity index is 1.59. The summed E-state index contributed by atoms with van der Waals surface area (Å²) in [7, 11) is 0. The van der Waals surface area contributed by atoms with Gasteiger partial charge in [-0.25, -0.2) is 0 Å². The minimum absolute atomic E-state index is 0.213. The predicted molar refractivity (Wildman–Crippen MR) is 86.3 cm³/mol. The Hall–Kier alpha value is -1.62. The standard InChI is InChI=1S/C17H19ClN2O2/c18-16-10-13(9-15-11-19-7-8-21-15)4-5-17(16)22-12-14-3-1-2-6-20-14/h1-6,10,15,19H,7-9,11-12H2. The van der Waals surface area contributed by atoms with Crippen LogP contribution in [0.3, 0.4) is 0 Å². The summed E-state index contributed by atoms with van der Waals surface area (Å²) in [5.41, 5.74) is 2.04. The first-order valence-corrected chi connectivity index (χ1v) is 7.82. The van der Waals surface area contributed by atoms with Crippen LogP contribution in [0.5, 0.6) is 5.75 Å². The number of nitrogens with zero attached hydrogens (tertiary/aromatic N) is 1. The second-order valence-electron chi connectivity index (χ2n) is 5.28. The molecular weight excluding hydrogens is 300 g/mol. The van der Waals surface area contributed by atoms with E-state index < -0.39 is 0 Å². The third-order valence-electron chi connectivity index (χ3n) is 3.57. The smallest absolute Gasteiger partial charge is 0.138 e. The normalized spacial score (nSPS) is 18.1. The van der Waals surface area contributed by atoms with Crippen LogP contribution in [0.2, 0.25) is 5.02 Å². The average molecular weight is 319 g/mol. The van der Waals surface area contributed by atoms with Crippen LogP contribution in [0, 0.1) is 0 Å². The molecule has 1 aliphatic heterocycles. The number of hydrogen-bond donors (Lipinski definition) is 1. The number of rotatable bonds is 5. The van der Waals surface area contributed by atoms with E-state index in [1.807, 2.05) is 36.4 Å². The lowest BCUT2D eigenvalue weighted by atomic mass is 10.1. The molecule has 2 heterocycles. The molecule has 22 heavy (non-hydrogen) atoms. The Labute approximate surface area is 135 Å². The van der Waals surface area contributed by atoms with Crippen molar-refractivity contribution in [2.75, 3.05) is 19.7 Å². The molecule has 0 saturated carbocycles. The second-order valence-corrected chi connectivity index (χ2v) is 5.68. The van der Waals surface area contributed by atoms with Crippen LogP contribution in [-0.4, -0.2) is 30.8 Å². The zero-order valence-electron chi connectivity index (χ0n) is 12.3. The summed E-state index contributed by atoms with van der Waals surface area (Å²) >= 11 is 6.31. The molecule has 1 atom stereocenters. The van der Waals surface area contributed by atoms with Crippen molar-refractivity contribution < 1.29 is 9.47 Å². The van der Waals surface area contributed by atoms with Gasteiger partial charge in [-0.1, -0.05) is 23.7 Å². The van der Waals surface area contributed by atoms with E-state index in [-0.39, 0.29) is 6.10 Å². The van der Waals surface area contributed by atoms with E-state index in [2.05, 4.69) is 10.3 Å². The first-order chi connectivity index (χ1) is 10.8. The molecule has 0 bridgehead atoms. The fraction of sp³-hybridized carbons (Fsp3) is 0.353. The minimum atomic E-state index is 0.213. The molecule has 2 aromatic rings. The highest BCUT2D eigenvalue weighted by molar-refractivity contribution is 6.32. The van der Waals surface area contributed by atoms with E-state index in [1.54, 1.807) is 6.20 Å². The van der Waals surface area contributed by atoms with Gasteiger partial charge in [-0.3, -0.25) is 4.98 Å². The highest BCUT2D eigenvalue weighted by atomic mass is 35.5. The molecule has 0 aliphatic carbocycles. The summed E-state index contributed by atoms with van der Waals surface area (Å²) in [6.07, 6.45) is 2.82. The molecule has 1 N–H and O–H groups in total. The van der Waals surface area contributed by atoms with E-state index in [9.17, 15) is 0 Å². The Morgan fingerprint density at radius 1 is 1.32 bits per heavy atom. The zero-order valence-corrected chi connectivity index (χ0v) is 13.1. The van der Waals surface area contributed by atoms with Crippen molar-refractivity contribution in [1.29, 1.82) is 0 Å².